The zero-order valence-electron chi connectivity index (χ0n) is 14.1. The summed E-state index contributed by atoms with van der Waals surface area (Å²) in [5, 5.41) is 0.404. The summed E-state index contributed by atoms with van der Waals surface area (Å²) in [6, 6.07) is 3.27. The van der Waals surface area contributed by atoms with Gasteiger partial charge in [-0.15, -0.1) is 0 Å². The van der Waals surface area contributed by atoms with Gasteiger partial charge in [-0.1, -0.05) is 11.8 Å². The molecule has 1 aromatic carbocycles. The van der Waals surface area contributed by atoms with Crippen LogP contribution in [-0.2, 0) is 20.0 Å². The lowest BCUT2D eigenvalue weighted by molar-refractivity contribution is 0.574. The van der Waals surface area contributed by atoms with E-state index in [9.17, 15) is 16.8 Å². The van der Waals surface area contributed by atoms with Crippen LogP contribution < -0.4 is 9.03 Å². The Kier molecular flexibility index (Phi) is 5.04. The molecule has 0 aromatic heterocycles. The second kappa shape index (κ2) is 6.81. The number of anilines is 1. The molecule has 10 heteroatoms. The van der Waals surface area contributed by atoms with Crippen molar-refractivity contribution in [3.05, 3.63) is 23.3 Å². The summed E-state index contributed by atoms with van der Waals surface area (Å²) in [6.07, 6.45) is 1.46. The van der Waals surface area contributed by atoms with Gasteiger partial charge in [0.05, 0.1) is 22.9 Å². The molecule has 0 atom stereocenters. The maximum absolute atomic E-state index is 12.7. The van der Waals surface area contributed by atoms with Gasteiger partial charge < -0.3 is 0 Å². The molecular weight excluding hydrogens is 382 g/mol. The van der Waals surface area contributed by atoms with Crippen LogP contribution in [0.5, 0.6) is 0 Å². The van der Waals surface area contributed by atoms with Crippen LogP contribution in [0.25, 0.3) is 0 Å². The highest BCUT2D eigenvalue weighted by Gasteiger charge is 2.29. The Balaban J connectivity index is 1.98. The van der Waals surface area contributed by atoms with Crippen molar-refractivity contribution >= 4 is 42.7 Å². The van der Waals surface area contributed by atoms with Gasteiger partial charge in [-0.3, -0.25) is 14.0 Å². The minimum Gasteiger partial charge on any atom is -0.270 e. The number of rotatable bonds is 3. The standard InChI is InChI=1S/C15H21N3O4S3/c1-11-9-13(18-6-3-4-8-24(18,19)20)10-12(2)14(11)25(21,22)17-15-16-5-7-23-15/h9-10H,3-8H2,1-2H3,(H,16,17). The fraction of sp³-hybridized carbons (Fsp3) is 0.533. The average molecular weight is 404 g/mol. The van der Waals surface area contributed by atoms with E-state index < -0.39 is 20.0 Å². The number of sulfonamides is 2. The third-order valence-corrected chi connectivity index (χ3v) is 8.69. The van der Waals surface area contributed by atoms with Crippen LogP contribution in [0.3, 0.4) is 0 Å². The fourth-order valence-electron chi connectivity index (χ4n) is 3.14. The average Bonchev–Trinajstić information content (AvgIpc) is 2.97. The Labute approximate surface area is 153 Å². The first-order chi connectivity index (χ1) is 11.7. The molecule has 2 aliphatic rings. The Morgan fingerprint density at radius 2 is 1.88 bits per heavy atom. The molecule has 0 aliphatic carbocycles. The molecule has 2 heterocycles. The second-order valence-corrected chi connectivity index (χ2v) is 10.9. The molecule has 1 aromatic rings. The van der Waals surface area contributed by atoms with Gasteiger partial charge in [0.1, 0.15) is 0 Å². The topological polar surface area (TPSA) is 95.9 Å². The van der Waals surface area contributed by atoms with Crippen molar-refractivity contribution in [2.45, 2.75) is 31.6 Å². The number of thioether (sulfide) groups is 1. The molecule has 0 unspecified atom stereocenters. The van der Waals surface area contributed by atoms with E-state index in [1.54, 1.807) is 26.0 Å². The van der Waals surface area contributed by atoms with Gasteiger partial charge in [0.25, 0.3) is 10.0 Å². The molecule has 7 nitrogen and oxygen atoms in total. The van der Waals surface area contributed by atoms with Crippen LogP contribution >= 0.6 is 11.8 Å². The van der Waals surface area contributed by atoms with Gasteiger partial charge in [-0.2, -0.15) is 0 Å². The third-order valence-electron chi connectivity index (χ3n) is 4.16. The van der Waals surface area contributed by atoms with Crippen molar-refractivity contribution in [2.24, 2.45) is 4.99 Å². The Morgan fingerprint density at radius 3 is 2.44 bits per heavy atom. The summed E-state index contributed by atoms with van der Waals surface area (Å²) in [6.45, 7) is 4.40. The van der Waals surface area contributed by atoms with Crippen molar-refractivity contribution in [3.8, 4) is 0 Å². The van der Waals surface area contributed by atoms with Gasteiger partial charge >= 0.3 is 0 Å². The largest absolute Gasteiger partial charge is 0.270 e. The molecule has 1 N–H and O–H groups in total. The number of hydrogen-bond donors (Lipinski definition) is 1. The molecule has 0 radical (unpaired) electrons. The first kappa shape index (κ1) is 18.5. The van der Waals surface area contributed by atoms with E-state index in [2.05, 4.69) is 9.71 Å². The second-order valence-electron chi connectivity index (χ2n) is 6.14. The molecular formula is C15H21N3O4S3. The minimum atomic E-state index is -3.75. The quantitative estimate of drug-likeness (QED) is 0.827. The molecule has 0 spiro atoms. The van der Waals surface area contributed by atoms with Gasteiger partial charge in [-0.05, 0) is 49.9 Å². The molecule has 1 saturated heterocycles. The lowest BCUT2D eigenvalue weighted by Gasteiger charge is -2.29. The van der Waals surface area contributed by atoms with E-state index in [1.807, 2.05) is 0 Å². The first-order valence-electron chi connectivity index (χ1n) is 8.02. The van der Waals surface area contributed by atoms with Crippen molar-refractivity contribution < 1.29 is 16.8 Å². The van der Waals surface area contributed by atoms with Gasteiger partial charge in [0.2, 0.25) is 10.0 Å². The zero-order chi connectivity index (χ0) is 18.2. The number of aliphatic imine (C=N–C) groups is 1. The summed E-state index contributed by atoms with van der Waals surface area (Å²) in [5.41, 5.74) is 1.57. The minimum absolute atomic E-state index is 0.129. The molecule has 0 amide bonds. The van der Waals surface area contributed by atoms with Crippen LogP contribution in [0, 0.1) is 13.8 Å². The van der Waals surface area contributed by atoms with Crippen molar-refractivity contribution in [2.75, 3.05) is 28.9 Å². The number of hydrogen-bond acceptors (Lipinski definition) is 6. The Morgan fingerprint density at radius 1 is 1.20 bits per heavy atom. The van der Waals surface area contributed by atoms with Crippen LogP contribution in [0.1, 0.15) is 24.0 Å². The van der Waals surface area contributed by atoms with Gasteiger partial charge in [0, 0.05) is 12.3 Å². The number of nitrogens with one attached hydrogen (secondary N) is 1. The summed E-state index contributed by atoms with van der Waals surface area (Å²) < 4.78 is 53.9. The zero-order valence-corrected chi connectivity index (χ0v) is 16.6. The summed E-state index contributed by atoms with van der Waals surface area (Å²) >= 11 is 1.37. The Bertz CT molecular complexity index is 900. The molecule has 2 aliphatic heterocycles. The maximum Gasteiger partial charge on any atom is 0.263 e. The van der Waals surface area contributed by atoms with Gasteiger partial charge in [-0.25, -0.2) is 16.8 Å². The maximum atomic E-state index is 12.7. The van der Waals surface area contributed by atoms with E-state index >= 15 is 0 Å². The van der Waals surface area contributed by atoms with Crippen molar-refractivity contribution in [1.82, 2.24) is 4.72 Å². The predicted molar refractivity (Wildman–Crippen MR) is 101 cm³/mol. The van der Waals surface area contributed by atoms with Crippen molar-refractivity contribution in [1.29, 1.82) is 0 Å². The molecule has 25 heavy (non-hydrogen) atoms. The van der Waals surface area contributed by atoms with Crippen LogP contribution in [-0.4, -0.2) is 46.6 Å². The Hall–Kier alpha value is -1.26. The highest BCUT2D eigenvalue weighted by Crippen LogP contribution is 2.30. The molecule has 138 valence electrons. The van der Waals surface area contributed by atoms with Crippen LogP contribution in [0.4, 0.5) is 5.69 Å². The normalized spacial score (nSPS) is 20.4. The smallest absolute Gasteiger partial charge is 0.263 e. The number of benzene rings is 1. The summed E-state index contributed by atoms with van der Waals surface area (Å²) in [7, 11) is -7.08. The lowest BCUT2D eigenvalue weighted by atomic mass is 10.1. The van der Waals surface area contributed by atoms with E-state index in [0.29, 0.717) is 41.5 Å². The van der Waals surface area contributed by atoms with Crippen LogP contribution in [0.15, 0.2) is 22.0 Å². The number of amidine groups is 1. The highest BCUT2D eigenvalue weighted by atomic mass is 32.2. The lowest BCUT2D eigenvalue weighted by Crippen LogP contribution is -2.38. The first-order valence-corrected chi connectivity index (χ1v) is 12.1. The highest BCUT2D eigenvalue weighted by molar-refractivity contribution is 8.15. The summed E-state index contributed by atoms with van der Waals surface area (Å²) in [4.78, 5) is 4.30. The number of aryl methyl sites for hydroxylation is 2. The third kappa shape index (κ3) is 3.80. The molecule has 0 bridgehead atoms. The fourth-order valence-corrected chi connectivity index (χ4v) is 7.25. The van der Waals surface area contributed by atoms with Crippen molar-refractivity contribution in [3.63, 3.8) is 0 Å². The number of nitrogens with zero attached hydrogens (tertiary/aromatic N) is 2. The van der Waals surface area contributed by atoms with Gasteiger partial charge in [0.15, 0.2) is 5.17 Å². The predicted octanol–water partition coefficient (Wildman–Crippen LogP) is 1.61. The SMILES string of the molecule is Cc1cc(N2CCCCS2(=O)=O)cc(C)c1S(=O)(=O)NC1=NCCS1. The molecule has 1 fully saturated rings. The summed E-state index contributed by atoms with van der Waals surface area (Å²) in [5.74, 6) is 0.894. The molecule has 3 rings (SSSR count). The van der Waals surface area contributed by atoms with E-state index in [-0.39, 0.29) is 10.6 Å². The van der Waals surface area contributed by atoms with E-state index in [4.69, 9.17) is 0 Å². The monoisotopic (exact) mass is 403 g/mol. The van der Waals surface area contributed by atoms with E-state index in [0.717, 1.165) is 12.2 Å². The van der Waals surface area contributed by atoms with Crippen LogP contribution in [0.2, 0.25) is 0 Å². The van der Waals surface area contributed by atoms with E-state index in [1.165, 1.54) is 16.1 Å². The molecule has 0 saturated carbocycles.